The number of aliphatic hydroxyl groups excluding tert-OH is 1. The monoisotopic (exact) mass is 338 g/mol. The first-order chi connectivity index (χ1) is 12.1. The highest BCUT2D eigenvalue weighted by molar-refractivity contribution is 5.94. The third-order valence-electron chi connectivity index (χ3n) is 4.18. The van der Waals surface area contributed by atoms with Crippen LogP contribution in [0.15, 0.2) is 54.7 Å². The van der Waals surface area contributed by atoms with Crippen LogP contribution in [-0.2, 0) is 7.05 Å². The van der Waals surface area contributed by atoms with E-state index in [1.165, 1.54) is 0 Å². The van der Waals surface area contributed by atoms with E-state index in [4.69, 9.17) is 4.74 Å². The van der Waals surface area contributed by atoms with Crippen LogP contribution in [0.3, 0.4) is 0 Å². The molecule has 0 aliphatic heterocycles. The van der Waals surface area contributed by atoms with Crippen molar-refractivity contribution in [3.05, 3.63) is 65.9 Å². The van der Waals surface area contributed by atoms with E-state index in [2.05, 4.69) is 5.32 Å². The molecule has 2 N–H and O–H groups in total. The molecule has 0 saturated heterocycles. The average molecular weight is 338 g/mol. The summed E-state index contributed by atoms with van der Waals surface area (Å²) in [4.78, 5) is 12.2. The second-order valence-electron chi connectivity index (χ2n) is 5.93. The van der Waals surface area contributed by atoms with Crippen molar-refractivity contribution in [2.45, 2.75) is 13.0 Å². The van der Waals surface area contributed by atoms with E-state index >= 15 is 0 Å². The predicted molar refractivity (Wildman–Crippen MR) is 97.8 cm³/mol. The normalized spacial score (nSPS) is 12.1. The first-order valence-corrected chi connectivity index (χ1v) is 8.32. The number of hydrogen-bond donors (Lipinski definition) is 2. The van der Waals surface area contributed by atoms with Crippen molar-refractivity contribution in [2.24, 2.45) is 7.05 Å². The van der Waals surface area contributed by atoms with Gasteiger partial charge in [-0.25, -0.2) is 0 Å². The molecule has 1 aromatic heterocycles. The molecule has 5 heteroatoms. The molecule has 0 bridgehead atoms. The zero-order chi connectivity index (χ0) is 17.8. The molecule has 1 unspecified atom stereocenters. The van der Waals surface area contributed by atoms with Gasteiger partial charge >= 0.3 is 0 Å². The lowest BCUT2D eigenvalue weighted by molar-refractivity contribution is 0.0916. The second-order valence-corrected chi connectivity index (χ2v) is 5.93. The summed E-state index contributed by atoms with van der Waals surface area (Å²) in [6.07, 6.45) is 1.23. The Kier molecular flexibility index (Phi) is 5.05. The van der Waals surface area contributed by atoms with Gasteiger partial charge in [-0.2, -0.15) is 0 Å². The van der Waals surface area contributed by atoms with Crippen LogP contribution >= 0.6 is 0 Å². The SMILES string of the molecule is CCOc1ccc(C(=O)NCC(O)c2ccc3c(ccn3C)c2)cc1. The Labute approximate surface area is 146 Å². The standard InChI is InChI=1S/C20H22N2O3/c1-3-25-17-7-4-14(5-8-17)20(24)21-13-19(23)16-6-9-18-15(12-16)10-11-22(18)2/h4-12,19,23H,3,13H2,1-2H3,(H,21,24). The van der Waals surface area contributed by atoms with Crippen LogP contribution in [0.4, 0.5) is 0 Å². The molecule has 0 aliphatic rings. The van der Waals surface area contributed by atoms with E-state index in [0.717, 1.165) is 22.2 Å². The lowest BCUT2D eigenvalue weighted by atomic mass is 10.1. The van der Waals surface area contributed by atoms with E-state index in [1.807, 2.05) is 49.0 Å². The number of aryl methyl sites for hydroxylation is 1. The van der Waals surface area contributed by atoms with Gasteiger partial charge in [-0.15, -0.1) is 0 Å². The van der Waals surface area contributed by atoms with Crippen molar-refractivity contribution in [1.29, 1.82) is 0 Å². The zero-order valence-electron chi connectivity index (χ0n) is 14.4. The fraction of sp³-hybridized carbons (Fsp3) is 0.250. The smallest absolute Gasteiger partial charge is 0.251 e. The van der Waals surface area contributed by atoms with Gasteiger partial charge in [0.1, 0.15) is 5.75 Å². The number of nitrogens with one attached hydrogen (secondary N) is 1. The molecule has 0 fully saturated rings. The number of nitrogens with zero attached hydrogens (tertiary/aromatic N) is 1. The maximum absolute atomic E-state index is 12.2. The summed E-state index contributed by atoms with van der Waals surface area (Å²) in [5, 5.41) is 14.2. The largest absolute Gasteiger partial charge is 0.494 e. The van der Waals surface area contributed by atoms with Crippen LogP contribution < -0.4 is 10.1 Å². The predicted octanol–water partition coefficient (Wildman–Crippen LogP) is 3.04. The molecule has 25 heavy (non-hydrogen) atoms. The van der Waals surface area contributed by atoms with Crippen LogP contribution in [0.1, 0.15) is 28.9 Å². The number of aromatic nitrogens is 1. The highest BCUT2D eigenvalue weighted by Crippen LogP contribution is 2.21. The Hall–Kier alpha value is -2.79. The number of amides is 1. The second kappa shape index (κ2) is 7.40. The van der Waals surface area contributed by atoms with Gasteiger partial charge in [-0.3, -0.25) is 4.79 Å². The minimum Gasteiger partial charge on any atom is -0.494 e. The summed E-state index contributed by atoms with van der Waals surface area (Å²) >= 11 is 0. The van der Waals surface area contributed by atoms with E-state index in [9.17, 15) is 9.90 Å². The number of carbonyl (C=O) groups excluding carboxylic acids is 1. The number of carbonyl (C=O) groups is 1. The number of rotatable bonds is 6. The van der Waals surface area contributed by atoms with Crippen LogP contribution in [-0.4, -0.2) is 28.7 Å². The van der Waals surface area contributed by atoms with Crippen LogP contribution in [0, 0.1) is 0 Å². The molecule has 0 spiro atoms. The summed E-state index contributed by atoms with van der Waals surface area (Å²) in [6, 6.07) is 14.8. The Bertz CT molecular complexity index is 868. The molecule has 0 saturated carbocycles. The Balaban J connectivity index is 1.62. The molecule has 0 radical (unpaired) electrons. The summed E-state index contributed by atoms with van der Waals surface area (Å²) in [6.45, 7) is 2.66. The van der Waals surface area contributed by atoms with Crippen molar-refractivity contribution >= 4 is 16.8 Å². The highest BCUT2D eigenvalue weighted by Gasteiger charge is 2.12. The number of hydrogen-bond acceptors (Lipinski definition) is 3. The van der Waals surface area contributed by atoms with Crippen molar-refractivity contribution < 1.29 is 14.6 Å². The van der Waals surface area contributed by atoms with E-state index in [-0.39, 0.29) is 12.5 Å². The summed E-state index contributed by atoms with van der Waals surface area (Å²) in [5.41, 5.74) is 2.43. The third-order valence-corrected chi connectivity index (χ3v) is 4.18. The van der Waals surface area contributed by atoms with E-state index in [1.54, 1.807) is 24.3 Å². The maximum atomic E-state index is 12.2. The molecule has 130 valence electrons. The van der Waals surface area contributed by atoms with Gasteiger partial charge in [0.2, 0.25) is 0 Å². The molecule has 1 atom stereocenters. The number of ether oxygens (including phenoxy) is 1. The zero-order valence-corrected chi connectivity index (χ0v) is 14.4. The maximum Gasteiger partial charge on any atom is 0.251 e. The number of benzene rings is 2. The summed E-state index contributed by atoms with van der Waals surface area (Å²) < 4.78 is 7.39. The van der Waals surface area contributed by atoms with Gasteiger partial charge in [0.15, 0.2) is 0 Å². The molecule has 1 amide bonds. The minimum absolute atomic E-state index is 0.157. The molecular formula is C20H22N2O3. The topological polar surface area (TPSA) is 63.5 Å². The van der Waals surface area contributed by atoms with Crippen molar-refractivity contribution in [2.75, 3.05) is 13.2 Å². The molecular weight excluding hydrogens is 316 g/mol. The molecule has 0 aliphatic carbocycles. The van der Waals surface area contributed by atoms with Crippen LogP contribution in [0.5, 0.6) is 5.75 Å². The van der Waals surface area contributed by atoms with E-state index in [0.29, 0.717) is 12.2 Å². The molecule has 3 rings (SSSR count). The van der Waals surface area contributed by atoms with Crippen LogP contribution in [0.25, 0.3) is 10.9 Å². The summed E-state index contributed by atoms with van der Waals surface area (Å²) in [7, 11) is 1.98. The fourth-order valence-electron chi connectivity index (χ4n) is 2.79. The fourth-order valence-corrected chi connectivity index (χ4v) is 2.79. The average Bonchev–Trinajstić information content (AvgIpc) is 3.01. The van der Waals surface area contributed by atoms with Gasteiger partial charge < -0.3 is 19.7 Å². The Morgan fingerprint density at radius 3 is 2.68 bits per heavy atom. The Morgan fingerprint density at radius 2 is 1.96 bits per heavy atom. The number of aliphatic hydroxyl groups is 1. The minimum atomic E-state index is -0.753. The first kappa shape index (κ1) is 17.0. The Morgan fingerprint density at radius 1 is 1.20 bits per heavy atom. The van der Waals surface area contributed by atoms with Crippen molar-refractivity contribution in [3.63, 3.8) is 0 Å². The van der Waals surface area contributed by atoms with Gasteiger partial charge in [0.05, 0.1) is 12.7 Å². The van der Waals surface area contributed by atoms with Gasteiger partial charge in [-0.1, -0.05) is 6.07 Å². The van der Waals surface area contributed by atoms with Crippen LogP contribution in [0.2, 0.25) is 0 Å². The van der Waals surface area contributed by atoms with E-state index < -0.39 is 6.10 Å². The van der Waals surface area contributed by atoms with Gasteiger partial charge in [0, 0.05) is 30.9 Å². The highest BCUT2D eigenvalue weighted by atomic mass is 16.5. The quantitative estimate of drug-likeness (QED) is 0.726. The molecule has 1 heterocycles. The summed E-state index contributed by atoms with van der Waals surface area (Å²) in [5.74, 6) is 0.512. The number of fused-ring (bicyclic) bond motifs is 1. The lowest BCUT2D eigenvalue weighted by Gasteiger charge is -2.13. The first-order valence-electron chi connectivity index (χ1n) is 8.32. The van der Waals surface area contributed by atoms with Gasteiger partial charge in [-0.05, 0) is 60.3 Å². The molecule has 5 nitrogen and oxygen atoms in total. The van der Waals surface area contributed by atoms with Gasteiger partial charge in [0.25, 0.3) is 5.91 Å². The van der Waals surface area contributed by atoms with Crippen molar-refractivity contribution in [1.82, 2.24) is 9.88 Å². The molecule has 2 aromatic carbocycles. The molecule has 3 aromatic rings. The third kappa shape index (κ3) is 3.83. The lowest BCUT2D eigenvalue weighted by Crippen LogP contribution is -2.28. The van der Waals surface area contributed by atoms with Crippen molar-refractivity contribution in [3.8, 4) is 5.75 Å².